The molecular formula is C21H15F2N3O5S. The molecule has 11 heteroatoms. The molecule has 4 rings (SSSR count). The summed E-state index contributed by atoms with van der Waals surface area (Å²) in [5.74, 6) is -3.93. The van der Waals surface area contributed by atoms with Gasteiger partial charge in [0, 0.05) is 24.5 Å². The van der Waals surface area contributed by atoms with Crippen LogP contribution in [0.25, 0.3) is 10.2 Å². The van der Waals surface area contributed by atoms with Gasteiger partial charge < -0.3 is 9.30 Å². The van der Waals surface area contributed by atoms with E-state index < -0.39 is 30.1 Å². The Morgan fingerprint density at radius 1 is 1.12 bits per heavy atom. The minimum atomic E-state index is -0.915. The molecule has 2 aromatic carbocycles. The van der Waals surface area contributed by atoms with E-state index >= 15 is 0 Å². The third-order valence-corrected chi connectivity index (χ3v) is 5.84. The Morgan fingerprint density at radius 2 is 1.84 bits per heavy atom. The van der Waals surface area contributed by atoms with Crippen molar-refractivity contribution in [1.82, 2.24) is 4.57 Å². The van der Waals surface area contributed by atoms with E-state index in [0.29, 0.717) is 6.07 Å². The van der Waals surface area contributed by atoms with Crippen LogP contribution in [0.5, 0.6) is 0 Å². The molecule has 0 atom stereocenters. The second kappa shape index (κ2) is 8.42. The fraction of sp³-hybridized carbons (Fsp3) is 0.190. The van der Waals surface area contributed by atoms with Crippen LogP contribution >= 0.6 is 11.3 Å². The zero-order valence-corrected chi connectivity index (χ0v) is 17.4. The lowest BCUT2D eigenvalue weighted by atomic mass is 10.2. The zero-order valence-electron chi connectivity index (χ0n) is 16.6. The summed E-state index contributed by atoms with van der Waals surface area (Å²) in [4.78, 5) is 53.6. The number of rotatable bonds is 4. The summed E-state index contributed by atoms with van der Waals surface area (Å²) in [5.41, 5.74) is 0.226. The number of esters is 1. The second-order valence-corrected chi connectivity index (χ2v) is 7.88. The summed E-state index contributed by atoms with van der Waals surface area (Å²) in [7, 11) is 1.15. The van der Waals surface area contributed by atoms with Gasteiger partial charge in [0.05, 0.1) is 23.0 Å². The number of carbonyl (C=O) groups is 4. The van der Waals surface area contributed by atoms with Crippen LogP contribution in [0.2, 0.25) is 0 Å². The third-order valence-electron chi connectivity index (χ3n) is 4.81. The highest BCUT2D eigenvalue weighted by atomic mass is 32.1. The Labute approximate surface area is 183 Å². The summed E-state index contributed by atoms with van der Waals surface area (Å²) in [6, 6.07) is 7.56. The van der Waals surface area contributed by atoms with Crippen LogP contribution in [-0.4, -0.2) is 35.4 Å². The van der Waals surface area contributed by atoms with Crippen LogP contribution in [0, 0.1) is 11.6 Å². The van der Waals surface area contributed by atoms with E-state index in [4.69, 9.17) is 0 Å². The molecule has 0 radical (unpaired) electrons. The fourth-order valence-electron chi connectivity index (χ4n) is 3.35. The van der Waals surface area contributed by atoms with Crippen molar-refractivity contribution in [3.8, 4) is 0 Å². The van der Waals surface area contributed by atoms with Crippen LogP contribution in [0.1, 0.15) is 23.2 Å². The minimum absolute atomic E-state index is 0.0429. The van der Waals surface area contributed by atoms with E-state index in [-0.39, 0.29) is 50.9 Å². The van der Waals surface area contributed by atoms with Gasteiger partial charge >= 0.3 is 5.97 Å². The number of nitrogens with zero attached hydrogens (tertiary/aromatic N) is 3. The van der Waals surface area contributed by atoms with E-state index in [1.807, 2.05) is 0 Å². The first-order chi connectivity index (χ1) is 15.3. The van der Waals surface area contributed by atoms with E-state index in [9.17, 15) is 28.0 Å². The number of hydrogen-bond acceptors (Lipinski definition) is 6. The fourth-order valence-corrected chi connectivity index (χ4v) is 4.42. The maximum absolute atomic E-state index is 14.4. The second-order valence-electron chi connectivity index (χ2n) is 6.87. The highest BCUT2D eigenvalue weighted by Crippen LogP contribution is 2.25. The molecular weight excluding hydrogens is 444 g/mol. The first-order valence-corrected chi connectivity index (χ1v) is 10.2. The Bertz CT molecular complexity index is 1350. The van der Waals surface area contributed by atoms with Crippen LogP contribution in [-0.2, 0) is 25.7 Å². The predicted molar refractivity (Wildman–Crippen MR) is 110 cm³/mol. The molecule has 32 heavy (non-hydrogen) atoms. The molecule has 3 aromatic rings. The largest absolute Gasteiger partial charge is 0.468 e. The topological polar surface area (TPSA) is 98.0 Å². The van der Waals surface area contributed by atoms with Crippen molar-refractivity contribution in [3.63, 3.8) is 0 Å². The summed E-state index contributed by atoms with van der Waals surface area (Å²) in [5, 5.41) is 0. The molecule has 1 aliphatic heterocycles. The molecule has 0 saturated carbocycles. The number of fused-ring (bicyclic) bond motifs is 1. The predicted octanol–water partition coefficient (Wildman–Crippen LogP) is 2.55. The van der Waals surface area contributed by atoms with Crippen LogP contribution in [0.4, 0.5) is 14.5 Å². The van der Waals surface area contributed by atoms with Gasteiger partial charge in [-0.25, -0.2) is 8.78 Å². The number of benzene rings is 2. The van der Waals surface area contributed by atoms with Gasteiger partial charge in [-0.05, 0) is 24.3 Å². The highest BCUT2D eigenvalue weighted by molar-refractivity contribution is 7.16. The van der Waals surface area contributed by atoms with Gasteiger partial charge in [-0.1, -0.05) is 17.4 Å². The molecule has 1 aromatic heterocycles. The number of methoxy groups -OCH3 is 1. The lowest BCUT2D eigenvalue weighted by Crippen LogP contribution is -2.28. The Balaban J connectivity index is 1.80. The van der Waals surface area contributed by atoms with Gasteiger partial charge in [-0.3, -0.25) is 24.1 Å². The lowest BCUT2D eigenvalue weighted by Gasteiger charge is -2.14. The summed E-state index contributed by atoms with van der Waals surface area (Å²) < 4.78 is 34.0. The maximum atomic E-state index is 14.4. The van der Waals surface area contributed by atoms with Gasteiger partial charge in [0.2, 0.25) is 11.8 Å². The number of thiazole rings is 1. The SMILES string of the molecule is COC(=O)Cn1c(=NC(=O)c2cccc(N3C(=O)CCC3=O)c2)sc2cc(F)cc(F)c21. The van der Waals surface area contributed by atoms with E-state index in [1.165, 1.54) is 24.3 Å². The van der Waals surface area contributed by atoms with Crippen molar-refractivity contribution in [3.05, 3.63) is 58.4 Å². The van der Waals surface area contributed by atoms with Crippen molar-refractivity contribution in [2.45, 2.75) is 19.4 Å². The number of halogens is 2. The molecule has 1 aliphatic rings. The van der Waals surface area contributed by atoms with Crippen LogP contribution in [0.15, 0.2) is 41.4 Å². The number of amides is 3. The molecule has 0 aliphatic carbocycles. The monoisotopic (exact) mass is 459 g/mol. The van der Waals surface area contributed by atoms with Gasteiger partial charge in [-0.2, -0.15) is 4.99 Å². The van der Waals surface area contributed by atoms with Crippen molar-refractivity contribution in [2.24, 2.45) is 4.99 Å². The molecule has 0 N–H and O–H groups in total. The number of imide groups is 1. The Morgan fingerprint density at radius 3 is 2.53 bits per heavy atom. The number of aromatic nitrogens is 1. The minimum Gasteiger partial charge on any atom is -0.468 e. The van der Waals surface area contributed by atoms with Gasteiger partial charge in [0.1, 0.15) is 12.4 Å². The Hall–Kier alpha value is -3.73. The van der Waals surface area contributed by atoms with Crippen molar-refractivity contribution in [2.75, 3.05) is 12.0 Å². The van der Waals surface area contributed by atoms with E-state index in [0.717, 1.165) is 34.0 Å². The van der Waals surface area contributed by atoms with E-state index in [1.54, 1.807) is 0 Å². The molecule has 8 nitrogen and oxygen atoms in total. The number of carbonyl (C=O) groups excluding carboxylic acids is 4. The van der Waals surface area contributed by atoms with Crippen LogP contribution in [0.3, 0.4) is 0 Å². The van der Waals surface area contributed by atoms with Crippen molar-refractivity contribution in [1.29, 1.82) is 0 Å². The average Bonchev–Trinajstić information content (AvgIpc) is 3.26. The van der Waals surface area contributed by atoms with Crippen molar-refractivity contribution < 1.29 is 32.7 Å². The molecule has 164 valence electrons. The molecule has 0 unspecified atom stereocenters. The van der Waals surface area contributed by atoms with Gasteiger partial charge in [-0.15, -0.1) is 0 Å². The number of hydrogen-bond donors (Lipinski definition) is 0. The highest BCUT2D eigenvalue weighted by Gasteiger charge is 2.30. The van der Waals surface area contributed by atoms with Gasteiger partial charge in [0.25, 0.3) is 5.91 Å². The smallest absolute Gasteiger partial charge is 0.325 e. The average molecular weight is 459 g/mol. The zero-order chi connectivity index (χ0) is 23.0. The number of ether oxygens (including phenoxy) is 1. The quantitative estimate of drug-likeness (QED) is 0.441. The first-order valence-electron chi connectivity index (χ1n) is 9.38. The summed E-state index contributed by atoms with van der Waals surface area (Å²) in [6.45, 7) is -0.442. The summed E-state index contributed by atoms with van der Waals surface area (Å²) in [6.07, 6.45) is 0.192. The third kappa shape index (κ3) is 3.94. The lowest BCUT2D eigenvalue weighted by molar-refractivity contribution is -0.141. The molecule has 0 spiro atoms. The molecule has 1 saturated heterocycles. The molecule has 0 bridgehead atoms. The molecule has 2 heterocycles. The molecule has 1 fully saturated rings. The Kier molecular flexibility index (Phi) is 5.66. The van der Waals surface area contributed by atoms with E-state index in [2.05, 4.69) is 9.73 Å². The normalized spacial score (nSPS) is 14.5. The van der Waals surface area contributed by atoms with Gasteiger partial charge in [0.15, 0.2) is 10.6 Å². The maximum Gasteiger partial charge on any atom is 0.325 e. The molecule has 3 amide bonds. The number of anilines is 1. The first kappa shape index (κ1) is 21.5. The standard InChI is InChI=1S/C21H15F2N3O5S/c1-31-18(29)10-25-19-14(23)8-12(22)9-15(19)32-21(25)24-20(30)11-3-2-4-13(7-11)26-16(27)5-6-17(26)28/h2-4,7-9H,5-6,10H2,1H3. The summed E-state index contributed by atoms with van der Waals surface area (Å²) >= 11 is 0.827. The van der Waals surface area contributed by atoms with Crippen molar-refractivity contribution >= 4 is 50.9 Å². The van der Waals surface area contributed by atoms with Crippen LogP contribution < -0.4 is 9.70 Å².